The fourth-order valence-electron chi connectivity index (χ4n) is 4.04. The first-order valence-electron chi connectivity index (χ1n) is 9.69. The molecule has 0 aliphatic heterocycles. The van der Waals surface area contributed by atoms with E-state index in [4.69, 9.17) is 0 Å². The first-order valence-corrected chi connectivity index (χ1v) is 9.69. The van der Waals surface area contributed by atoms with Gasteiger partial charge in [0.25, 0.3) is 5.91 Å². The van der Waals surface area contributed by atoms with E-state index in [0.717, 1.165) is 25.7 Å². The van der Waals surface area contributed by atoms with Gasteiger partial charge in [-0.2, -0.15) is 13.2 Å². The van der Waals surface area contributed by atoms with Gasteiger partial charge in [0.15, 0.2) is 0 Å². The molecule has 2 aliphatic rings. The van der Waals surface area contributed by atoms with Crippen LogP contribution in [0.2, 0.25) is 0 Å². The number of fused-ring (bicyclic) bond motifs is 1. The highest BCUT2D eigenvalue weighted by Crippen LogP contribution is 2.44. The molecule has 1 amide bonds. The molecule has 4 rings (SSSR count). The second-order valence-electron chi connectivity index (χ2n) is 8.18. The number of aryl methyl sites for hydroxylation is 1. The van der Waals surface area contributed by atoms with Crippen LogP contribution in [0.15, 0.2) is 18.2 Å². The van der Waals surface area contributed by atoms with Crippen molar-refractivity contribution in [1.82, 2.24) is 10.3 Å². The summed E-state index contributed by atoms with van der Waals surface area (Å²) in [6, 6.07) is 4.47. The van der Waals surface area contributed by atoms with Crippen LogP contribution in [0.5, 0.6) is 0 Å². The van der Waals surface area contributed by atoms with Crippen molar-refractivity contribution in [3.05, 3.63) is 40.6 Å². The molecule has 1 aromatic heterocycles. The molecule has 0 saturated heterocycles. The molecule has 0 spiro atoms. The Balaban J connectivity index is 1.70. The summed E-state index contributed by atoms with van der Waals surface area (Å²) >= 11 is 0. The topological polar surface area (TPSA) is 62.2 Å². The highest BCUT2D eigenvalue weighted by Gasteiger charge is 2.36. The van der Waals surface area contributed by atoms with Gasteiger partial charge in [-0.3, -0.25) is 4.79 Å². The maximum atomic E-state index is 13.7. The summed E-state index contributed by atoms with van der Waals surface area (Å²) < 4.78 is 41.0. The lowest BCUT2D eigenvalue weighted by atomic mass is 9.98. The van der Waals surface area contributed by atoms with E-state index in [2.05, 4.69) is 10.3 Å². The number of nitrogens with one attached hydrogen (secondary N) is 1. The number of aliphatic hydroxyl groups is 1. The van der Waals surface area contributed by atoms with Crippen LogP contribution in [-0.4, -0.2) is 28.1 Å². The van der Waals surface area contributed by atoms with Gasteiger partial charge in [-0.25, -0.2) is 4.98 Å². The minimum Gasteiger partial charge on any atom is -0.388 e. The number of rotatable bonds is 4. The third-order valence-electron chi connectivity index (χ3n) is 5.84. The Kier molecular flexibility index (Phi) is 4.61. The van der Waals surface area contributed by atoms with Gasteiger partial charge < -0.3 is 10.4 Å². The molecule has 1 heterocycles. The molecule has 150 valence electrons. The van der Waals surface area contributed by atoms with Gasteiger partial charge in [0, 0.05) is 11.9 Å². The van der Waals surface area contributed by atoms with Crippen molar-refractivity contribution in [2.45, 2.75) is 63.1 Å². The van der Waals surface area contributed by atoms with Crippen LogP contribution < -0.4 is 5.32 Å². The molecule has 2 aromatic rings. The zero-order valence-electron chi connectivity index (χ0n) is 15.7. The molecule has 0 radical (unpaired) electrons. The van der Waals surface area contributed by atoms with Crippen molar-refractivity contribution < 1.29 is 23.1 Å². The summed E-state index contributed by atoms with van der Waals surface area (Å²) in [5.74, 6) is -0.384. The van der Waals surface area contributed by atoms with Gasteiger partial charge in [-0.1, -0.05) is 12.8 Å². The van der Waals surface area contributed by atoms with E-state index < -0.39 is 23.2 Å². The number of aromatic nitrogens is 1. The largest absolute Gasteiger partial charge is 0.418 e. The quantitative estimate of drug-likeness (QED) is 0.807. The van der Waals surface area contributed by atoms with E-state index in [1.807, 2.05) is 0 Å². The van der Waals surface area contributed by atoms with Crippen molar-refractivity contribution in [2.75, 3.05) is 6.54 Å². The SMILES string of the molecule is Cc1cc(C(=O)NCC2(O)CCCC2)nc2c(C(F)(F)F)cc(C3CC3)cc12. The second kappa shape index (κ2) is 6.72. The highest BCUT2D eigenvalue weighted by molar-refractivity contribution is 5.97. The minimum atomic E-state index is -4.54. The fourth-order valence-corrected chi connectivity index (χ4v) is 4.04. The van der Waals surface area contributed by atoms with Crippen LogP contribution >= 0.6 is 0 Å². The Morgan fingerprint density at radius 1 is 1.25 bits per heavy atom. The smallest absolute Gasteiger partial charge is 0.388 e. The standard InChI is InChI=1S/C21H23F3N2O2/c1-12-8-17(19(27)25-11-20(28)6-2-3-7-20)26-18-15(12)9-14(13-4-5-13)10-16(18)21(22,23)24/h8-10,13,28H,2-7,11H2,1H3,(H,25,27). The predicted molar refractivity (Wildman–Crippen MR) is 99.2 cm³/mol. The lowest BCUT2D eigenvalue weighted by Gasteiger charge is -2.22. The Hall–Kier alpha value is -2.15. The lowest BCUT2D eigenvalue weighted by Crippen LogP contribution is -2.41. The Morgan fingerprint density at radius 2 is 1.93 bits per heavy atom. The molecule has 7 heteroatoms. The Labute approximate surface area is 161 Å². The van der Waals surface area contributed by atoms with Gasteiger partial charge in [-0.05, 0) is 67.9 Å². The summed E-state index contributed by atoms with van der Waals surface area (Å²) in [7, 11) is 0. The van der Waals surface area contributed by atoms with E-state index in [0.29, 0.717) is 29.4 Å². The normalized spacial score (nSPS) is 19.2. The maximum Gasteiger partial charge on any atom is 0.418 e. The number of carbonyl (C=O) groups is 1. The minimum absolute atomic E-state index is 0.0590. The van der Waals surface area contributed by atoms with Crippen molar-refractivity contribution in [2.24, 2.45) is 0 Å². The molecule has 2 aliphatic carbocycles. The first-order chi connectivity index (χ1) is 13.2. The molecule has 28 heavy (non-hydrogen) atoms. The van der Waals surface area contributed by atoms with Crippen LogP contribution in [0.4, 0.5) is 13.2 Å². The van der Waals surface area contributed by atoms with Crippen molar-refractivity contribution >= 4 is 16.8 Å². The van der Waals surface area contributed by atoms with Gasteiger partial charge in [0.1, 0.15) is 5.69 Å². The van der Waals surface area contributed by atoms with E-state index in [1.165, 1.54) is 12.1 Å². The highest BCUT2D eigenvalue weighted by atomic mass is 19.4. The summed E-state index contributed by atoms with van der Waals surface area (Å²) in [6.45, 7) is 1.78. The molecule has 0 unspecified atom stereocenters. The van der Waals surface area contributed by atoms with E-state index in [1.54, 1.807) is 13.0 Å². The number of hydrogen-bond donors (Lipinski definition) is 2. The van der Waals surface area contributed by atoms with Crippen LogP contribution in [0.3, 0.4) is 0 Å². The number of benzene rings is 1. The molecule has 2 fully saturated rings. The summed E-state index contributed by atoms with van der Waals surface area (Å²) in [6.07, 6.45) is 0.281. The van der Waals surface area contributed by atoms with E-state index in [9.17, 15) is 23.1 Å². The number of carbonyl (C=O) groups excluding carboxylic acids is 1. The summed E-state index contributed by atoms with van der Waals surface area (Å²) in [5, 5.41) is 13.4. The monoisotopic (exact) mass is 392 g/mol. The molecular formula is C21H23F3N2O2. The number of alkyl halides is 3. The average molecular weight is 392 g/mol. The summed E-state index contributed by atoms with van der Waals surface area (Å²) in [4.78, 5) is 16.6. The van der Waals surface area contributed by atoms with Gasteiger partial charge in [-0.15, -0.1) is 0 Å². The number of amides is 1. The van der Waals surface area contributed by atoms with Crippen LogP contribution in [0.1, 0.15) is 71.6 Å². The van der Waals surface area contributed by atoms with E-state index >= 15 is 0 Å². The second-order valence-corrected chi connectivity index (χ2v) is 8.18. The number of hydrogen-bond acceptors (Lipinski definition) is 3. The third kappa shape index (κ3) is 3.72. The van der Waals surface area contributed by atoms with Gasteiger partial charge >= 0.3 is 6.18 Å². The fraction of sp³-hybridized carbons (Fsp3) is 0.524. The van der Waals surface area contributed by atoms with Crippen LogP contribution in [-0.2, 0) is 6.18 Å². The van der Waals surface area contributed by atoms with Crippen molar-refractivity contribution in [1.29, 1.82) is 0 Å². The zero-order valence-corrected chi connectivity index (χ0v) is 15.7. The number of pyridine rings is 1. The molecule has 0 atom stereocenters. The zero-order chi connectivity index (χ0) is 20.1. The molecular weight excluding hydrogens is 369 g/mol. The lowest BCUT2D eigenvalue weighted by molar-refractivity contribution is -0.136. The number of nitrogens with zero attached hydrogens (tertiary/aromatic N) is 1. The Morgan fingerprint density at radius 3 is 2.54 bits per heavy atom. The Bertz CT molecular complexity index is 929. The van der Waals surface area contributed by atoms with Crippen molar-refractivity contribution in [3.63, 3.8) is 0 Å². The average Bonchev–Trinajstić information content (AvgIpc) is 3.39. The third-order valence-corrected chi connectivity index (χ3v) is 5.84. The van der Waals surface area contributed by atoms with Gasteiger partial charge in [0.2, 0.25) is 0 Å². The molecule has 2 N–H and O–H groups in total. The molecule has 0 bridgehead atoms. The molecule has 1 aromatic carbocycles. The first kappa shape index (κ1) is 19.2. The number of halogens is 3. The molecule has 2 saturated carbocycles. The predicted octanol–water partition coefficient (Wildman–Crippen LogP) is 4.47. The van der Waals surface area contributed by atoms with Crippen molar-refractivity contribution in [3.8, 4) is 0 Å². The van der Waals surface area contributed by atoms with E-state index in [-0.39, 0.29) is 23.7 Å². The maximum absolute atomic E-state index is 13.7. The van der Waals surface area contributed by atoms with Crippen LogP contribution in [0.25, 0.3) is 10.9 Å². The molecule has 4 nitrogen and oxygen atoms in total. The van der Waals surface area contributed by atoms with Crippen LogP contribution in [0, 0.1) is 6.92 Å². The summed E-state index contributed by atoms with van der Waals surface area (Å²) in [5.41, 5.74) is -0.706. The van der Waals surface area contributed by atoms with Gasteiger partial charge in [0.05, 0.1) is 16.7 Å².